The Kier molecular flexibility index (Phi) is 4.14. The van der Waals surface area contributed by atoms with Gasteiger partial charge in [0, 0.05) is 22.9 Å². The Balaban J connectivity index is 1.52. The van der Waals surface area contributed by atoms with Crippen LogP contribution >= 0.6 is 23.1 Å². The fourth-order valence-corrected chi connectivity index (χ4v) is 4.10. The van der Waals surface area contributed by atoms with Gasteiger partial charge in [0.2, 0.25) is 0 Å². The van der Waals surface area contributed by atoms with Crippen molar-refractivity contribution in [2.75, 3.05) is 0 Å². The Morgan fingerprint density at radius 1 is 1.32 bits per heavy atom. The zero-order valence-electron chi connectivity index (χ0n) is 13.2. The summed E-state index contributed by atoms with van der Waals surface area (Å²) in [4.78, 5) is 24.9. The highest BCUT2D eigenvalue weighted by Crippen LogP contribution is 2.24. The van der Waals surface area contributed by atoms with E-state index >= 15 is 0 Å². The van der Waals surface area contributed by atoms with E-state index in [1.807, 2.05) is 12.3 Å². The van der Waals surface area contributed by atoms with Crippen LogP contribution in [0.1, 0.15) is 11.4 Å². The Morgan fingerprint density at radius 2 is 2.12 bits per heavy atom. The number of imidazole rings is 1. The number of thioether (sulfide) groups is 1. The molecular formula is C17H13FN4OS2. The molecule has 0 fully saturated rings. The molecule has 5 nitrogen and oxygen atoms in total. The largest absolute Gasteiger partial charge is 0.333 e. The number of halogens is 1. The van der Waals surface area contributed by atoms with E-state index in [2.05, 4.69) is 15.0 Å². The van der Waals surface area contributed by atoms with Crippen LogP contribution in [0.3, 0.4) is 0 Å². The molecule has 0 unspecified atom stereocenters. The van der Waals surface area contributed by atoms with Crippen LogP contribution in [0.5, 0.6) is 0 Å². The molecule has 3 heterocycles. The van der Waals surface area contributed by atoms with Crippen LogP contribution < -0.4 is 5.56 Å². The lowest BCUT2D eigenvalue weighted by molar-refractivity contribution is 0.628. The zero-order chi connectivity index (χ0) is 17.4. The second-order valence-corrected chi connectivity index (χ2v) is 7.28. The average Bonchev–Trinajstić information content (AvgIpc) is 3.21. The number of hydrogen-bond acceptors (Lipinski definition) is 5. The second kappa shape index (κ2) is 6.45. The molecule has 4 aromatic rings. The van der Waals surface area contributed by atoms with Gasteiger partial charge in [0.1, 0.15) is 5.82 Å². The quantitative estimate of drug-likeness (QED) is 0.552. The van der Waals surface area contributed by atoms with Crippen molar-refractivity contribution in [1.82, 2.24) is 19.4 Å². The van der Waals surface area contributed by atoms with Crippen LogP contribution in [0, 0.1) is 12.7 Å². The van der Waals surface area contributed by atoms with Crippen molar-refractivity contribution in [3.8, 4) is 11.3 Å². The topological polar surface area (TPSA) is 63.0 Å². The van der Waals surface area contributed by atoms with Crippen LogP contribution in [-0.2, 0) is 5.75 Å². The summed E-state index contributed by atoms with van der Waals surface area (Å²) >= 11 is 2.92. The smallest absolute Gasteiger partial charge is 0.258 e. The first-order valence-electron chi connectivity index (χ1n) is 7.51. The molecule has 0 bridgehead atoms. The molecule has 4 rings (SSSR count). The summed E-state index contributed by atoms with van der Waals surface area (Å²) in [5.41, 5.74) is 3.24. The number of nitrogens with zero attached hydrogens (tertiary/aromatic N) is 3. The number of nitrogens with one attached hydrogen (secondary N) is 1. The highest BCUT2D eigenvalue weighted by Gasteiger charge is 2.09. The molecule has 0 aliphatic carbocycles. The molecule has 0 amide bonds. The second-order valence-electron chi connectivity index (χ2n) is 5.48. The normalized spacial score (nSPS) is 11.3. The number of aromatic nitrogens is 4. The molecule has 25 heavy (non-hydrogen) atoms. The van der Waals surface area contributed by atoms with E-state index in [0.29, 0.717) is 10.7 Å². The molecule has 126 valence electrons. The fourth-order valence-electron chi connectivity index (χ4n) is 2.47. The molecule has 0 saturated carbocycles. The van der Waals surface area contributed by atoms with Crippen molar-refractivity contribution >= 4 is 28.1 Å². The molecule has 1 N–H and O–H groups in total. The Labute approximate surface area is 150 Å². The lowest BCUT2D eigenvalue weighted by atomic mass is 10.2. The summed E-state index contributed by atoms with van der Waals surface area (Å²) in [6.07, 6.45) is 1.71. The number of fused-ring (bicyclic) bond motifs is 1. The van der Waals surface area contributed by atoms with E-state index in [0.717, 1.165) is 27.8 Å². The third-order valence-corrected chi connectivity index (χ3v) is 5.56. The minimum absolute atomic E-state index is 0.0641. The molecule has 0 spiro atoms. The third-order valence-electron chi connectivity index (χ3n) is 3.69. The average molecular weight is 372 g/mol. The van der Waals surface area contributed by atoms with Gasteiger partial charge in [-0.3, -0.25) is 9.20 Å². The molecular weight excluding hydrogens is 359 g/mol. The number of benzene rings is 1. The predicted octanol–water partition coefficient (Wildman–Crippen LogP) is 3.89. The number of thiazole rings is 1. The SMILES string of the molecule is Cc1csc2nc(CSc3ncc(-c4ccc(F)cc4)[nH]3)cc(=O)n12. The minimum Gasteiger partial charge on any atom is -0.333 e. The highest BCUT2D eigenvalue weighted by atomic mass is 32.2. The van der Waals surface area contributed by atoms with Crippen LogP contribution in [0.25, 0.3) is 16.2 Å². The van der Waals surface area contributed by atoms with Crippen molar-refractivity contribution in [2.45, 2.75) is 17.8 Å². The van der Waals surface area contributed by atoms with Crippen molar-refractivity contribution < 1.29 is 4.39 Å². The summed E-state index contributed by atoms with van der Waals surface area (Å²) < 4.78 is 14.6. The van der Waals surface area contributed by atoms with Crippen molar-refractivity contribution in [2.24, 2.45) is 0 Å². The van der Waals surface area contributed by atoms with Gasteiger partial charge >= 0.3 is 0 Å². The molecule has 1 aromatic carbocycles. The molecule has 8 heteroatoms. The lowest BCUT2D eigenvalue weighted by Crippen LogP contribution is -2.14. The fraction of sp³-hybridized carbons (Fsp3) is 0.118. The molecule has 0 atom stereocenters. The minimum atomic E-state index is -0.269. The van der Waals surface area contributed by atoms with E-state index < -0.39 is 0 Å². The van der Waals surface area contributed by atoms with Crippen LogP contribution in [0.15, 0.2) is 51.9 Å². The maximum Gasteiger partial charge on any atom is 0.258 e. The molecule has 0 saturated heterocycles. The molecule has 0 aliphatic heterocycles. The summed E-state index contributed by atoms with van der Waals surface area (Å²) in [7, 11) is 0. The summed E-state index contributed by atoms with van der Waals surface area (Å²) in [6, 6.07) is 7.79. The lowest BCUT2D eigenvalue weighted by Gasteiger charge is -2.01. The van der Waals surface area contributed by atoms with Gasteiger partial charge in [0.15, 0.2) is 10.1 Å². The third kappa shape index (κ3) is 3.22. The van der Waals surface area contributed by atoms with Crippen molar-refractivity contribution in [1.29, 1.82) is 0 Å². The highest BCUT2D eigenvalue weighted by molar-refractivity contribution is 7.98. The van der Waals surface area contributed by atoms with E-state index in [4.69, 9.17) is 0 Å². The number of aromatic amines is 1. The first kappa shape index (κ1) is 16.0. The number of aryl methyl sites for hydroxylation is 1. The Morgan fingerprint density at radius 3 is 2.92 bits per heavy atom. The van der Waals surface area contributed by atoms with Gasteiger partial charge in [-0.15, -0.1) is 11.3 Å². The maximum atomic E-state index is 13.0. The van der Waals surface area contributed by atoms with Gasteiger partial charge in [0.25, 0.3) is 5.56 Å². The van der Waals surface area contributed by atoms with E-state index in [-0.39, 0.29) is 11.4 Å². The summed E-state index contributed by atoms with van der Waals surface area (Å²) in [5.74, 6) is 0.272. The summed E-state index contributed by atoms with van der Waals surface area (Å²) in [5, 5.41) is 2.64. The number of rotatable bonds is 4. The van der Waals surface area contributed by atoms with Gasteiger partial charge in [-0.05, 0) is 36.8 Å². The van der Waals surface area contributed by atoms with Gasteiger partial charge in [-0.2, -0.15) is 0 Å². The first-order valence-corrected chi connectivity index (χ1v) is 9.37. The monoisotopic (exact) mass is 372 g/mol. The molecule has 0 aliphatic rings. The van der Waals surface area contributed by atoms with E-state index in [9.17, 15) is 9.18 Å². The maximum absolute atomic E-state index is 13.0. The van der Waals surface area contributed by atoms with Crippen molar-refractivity contribution in [3.63, 3.8) is 0 Å². The van der Waals surface area contributed by atoms with Crippen LogP contribution in [0.2, 0.25) is 0 Å². The standard InChI is InChI=1S/C17H13FN4OS2/c1-10-8-25-17-20-13(6-15(23)22(10)17)9-24-16-19-7-14(21-16)11-2-4-12(18)5-3-11/h2-8H,9H2,1H3,(H,19,21). The van der Waals surface area contributed by atoms with Crippen LogP contribution in [0.4, 0.5) is 4.39 Å². The predicted molar refractivity (Wildman–Crippen MR) is 97.6 cm³/mol. The van der Waals surface area contributed by atoms with E-state index in [1.165, 1.54) is 35.2 Å². The zero-order valence-corrected chi connectivity index (χ0v) is 14.8. The number of H-pyrrole nitrogens is 1. The Bertz CT molecular complexity index is 1100. The summed E-state index contributed by atoms with van der Waals surface area (Å²) in [6.45, 7) is 1.89. The number of hydrogen-bond donors (Lipinski definition) is 1. The van der Waals surface area contributed by atoms with Gasteiger partial charge in [-0.25, -0.2) is 14.4 Å². The Hall–Kier alpha value is -2.45. The van der Waals surface area contributed by atoms with Gasteiger partial charge in [0.05, 0.1) is 17.6 Å². The first-order chi connectivity index (χ1) is 12.1. The van der Waals surface area contributed by atoms with Crippen LogP contribution in [-0.4, -0.2) is 19.4 Å². The van der Waals surface area contributed by atoms with Gasteiger partial charge in [-0.1, -0.05) is 11.8 Å². The molecule has 3 aromatic heterocycles. The molecule has 0 radical (unpaired) electrons. The van der Waals surface area contributed by atoms with Crippen molar-refractivity contribution in [3.05, 3.63) is 69.5 Å². The van der Waals surface area contributed by atoms with Gasteiger partial charge < -0.3 is 4.98 Å². The van der Waals surface area contributed by atoms with E-state index in [1.54, 1.807) is 28.8 Å².